The van der Waals surface area contributed by atoms with E-state index in [4.69, 9.17) is 0 Å². The van der Waals surface area contributed by atoms with Crippen molar-refractivity contribution in [2.24, 2.45) is 5.92 Å². The Balaban J connectivity index is 1.82. The van der Waals surface area contributed by atoms with Crippen molar-refractivity contribution < 1.29 is 32.2 Å². The van der Waals surface area contributed by atoms with Gasteiger partial charge in [-0.05, 0) is 36.0 Å². The molecule has 11 heteroatoms. The van der Waals surface area contributed by atoms with Crippen LogP contribution in [0.3, 0.4) is 0 Å². The second-order valence-corrected chi connectivity index (χ2v) is 8.06. The van der Waals surface area contributed by atoms with Gasteiger partial charge in [0.1, 0.15) is 5.69 Å². The number of halogens is 4. The van der Waals surface area contributed by atoms with Crippen LogP contribution in [0.4, 0.5) is 23.5 Å². The lowest BCUT2D eigenvalue weighted by atomic mass is 9.84. The van der Waals surface area contributed by atoms with Crippen molar-refractivity contribution in [3.8, 4) is 5.75 Å². The van der Waals surface area contributed by atoms with Crippen molar-refractivity contribution in [3.63, 3.8) is 0 Å². The maximum atomic E-state index is 14.2. The molecule has 0 radical (unpaired) electrons. The van der Waals surface area contributed by atoms with Gasteiger partial charge in [0.2, 0.25) is 5.95 Å². The molecular weight excluding hydrogens is 434 g/mol. The van der Waals surface area contributed by atoms with Crippen LogP contribution in [0.1, 0.15) is 48.7 Å². The van der Waals surface area contributed by atoms with Crippen molar-refractivity contribution in [2.75, 3.05) is 18.0 Å². The van der Waals surface area contributed by atoms with Crippen LogP contribution in [0.15, 0.2) is 29.1 Å². The highest BCUT2D eigenvalue weighted by atomic mass is 19.4. The van der Waals surface area contributed by atoms with Gasteiger partial charge in [-0.15, -0.1) is 13.2 Å². The zero-order valence-corrected chi connectivity index (χ0v) is 17.4. The lowest BCUT2D eigenvalue weighted by Gasteiger charge is -2.22. The van der Waals surface area contributed by atoms with Gasteiger partial charge < -0.3 is 14.7 Å². The van der Waals surface area contributed by atoms with E-state index in [1.807, 2.05) is 0 Å². The number of carbonyl (C=O) groups is 1. The fraction of sp³-hybridized carbons (Fsp3) is 0.476. The third-order valence-corrected chi connectivity index (χ3v) is 5.30. The van der Waals surface area contributed by atoms with E-state index in [0.717, 1.165) is 18.2 Å². The number of β-amino-alcohol motifs (C(OH)–C–C–N with tert-alkyl or cyclic N) is 1. The molecule has 1 saturated heterocycles. The zero-order valence-electron chi connectivity index (χ0n) is 17.4. The number of anilines is 1. The lowest BCUT2D eigenvalue weighted by Crippen LogP contribution is -2.27. The Hall–Kier alpha value is -2.95. The number of hydrogen-bond donors (Lipinski definition) is 2. The molecule has 1 aromatic heterocycles. The molecule has 32 heavy (non-hydrogen) atoms. The van der Waals surface area contributed by atoms with E-state index in [-0.39, 0.29) is 30.5 Å². The Bertz CT molecular complexity index is 1040. The Labute approximate surface area is 181 Å². The molecule has 1 aliphatic rings. The normalized spacial score (nSPS) is 17.6. The fourth-order valence-electron chi connectivity index (χ4n) is 3.67. The molecule has 1 aromatic carbocycles. The third-order valence-electron chi connectivity index (χ3n) is 5.30. The number of aromatic nitrogens is 2. The van der Waals surface area contributed by atoms with E-state index in [2.05, 4.69) is 14.7 Å². The number of hydrogen-bond acceptors (Lipinski definition) is 6. The molecular formula is C21H23F4N3O4. The van der Waals surface area contributed by atoms with Crippen LogP contribution in [0.5, 0.6) is 5.75 Å². The molecule has 7 nitrogen and oxygen atoms in total. The molecule has 2 N–H and O–H groups in total. The molecule has 0 spiro atoms. The number of ketones is 1. The summed E-state index contributed by atoms with van der Waals surface area (Å²) in [5, 5.41) is 9.69. The number of nitrogens with zero attached hydrogens (tertiary/aromatic N) is 2. The van der Waals surface area contributed by atoms with E-state index >= 15 is 0 Å². The van der Waals surface area contributed by atoms with Crippen LogP contribution >= 0.6 is 0 Å². The summed E-state index contributed by atoms with van der Waals surface area (Å²) in [6.45, 7) is 4.33. The predicted molar refractivity (Wildman–Crippen MR) is 107 cm³/mol. The molecule has 0 amide bonds. The van der Waals surface area contributed by atoms with Gasteiger partial charge in [-0.2, -0.15) is 0 Å². The smallest absolute Gasteiger partial charge is 0.403 e. The highest BCUT2D eigenvalue weighted by Gasteiger charge is 2.33. The Morgan fingerprint density at radius 3 is 2.62 bits per heavy atom. The number of alkyl halides is 3. The Morgan fingerprint density at radius 1 is 1.34 bits per heavy atom. The number of H-pyrrole nitrogens is 1. The first kappa shape index (κ1) is 23.7. The molecule has 2 atom stereocenters. The quantitative estimate of drug-likeness (QED) is 0.489. The molecule has 0 bridgehead atoms. The summed E-state index contributed by atoms with van der Waals surface area (Å²) in [5.74, 6) is -3.13. The summed E-state index contributed by atoms with van der Waals surface area (Å²) in [6.07, 6.45) is -5.19. The van der Waals surface area contributed by atoms with Crippen LogP contribution in [0.25, 0.3) is 0 Å². The minimum Gasteiger partial charge on any atom is -0.403 e. The van der Waals surface area contributed by atoms with Gasteiger partial charge in [0.05, 0.1) is 6.10 Å². The first-order valence-electron chi connectivity index (χ1n) is 10.1. The molecule has 3 rings (SSSR count). The SMILES string of the molecule is CC(C)[C@@H](CC(=O)c1cc(=O)[nH]c(N2CC[C@@H](O)C2)n1)c1ccc(OC(F)(F)F)c(F)c1. The predicted octanol–water partition coefficient (Wildman–Crippen LogP) is 3.39. The maximum Gasteiger partial charge on any atom is 0.573 e. The van der Waals surface area contributed by atoms with Gasteiger partial charge in [0.15, 0.2) is 17.3 Å². The van der Waals surface area contributed by atoms with Crippen LogP contribution in [0.2, 0.25) is 0 Å². The summed E-state index contributed by atoms with van der Waals surface area (Å²) < 4.78 is 55.0. The highest BCUT2D eigenvalue weighted by molar-refractivity contribution is 5.95. The Morgan fingerprint density at radius 2 is 2.06 bits per heavy atom. The molecule has 0 unspecified atom stereocenters. The first-order chi connectivity index (χ1) is 14.9. The average molecular weight is 457 g/mol. The van der Waals surface area contributed by atoms with Crippen LogP contribution < -0.4 is 15.2 Å². The lowest BCUT2D eigenvalue weighted by molar-refractivity contribution is -0.275. The number of rotatable bonds is 7. The molecule has 0 aliphatic carbocycles. The molecule has 0 saturated carbocycles. The number of benzene rings is 1. The molecule has 1 aliphatic heterocycles. The van der Waals surface area contributed by atoms with Crippen LogP contribution in [0, 0.1) is 11.7 Å². The number of aliphatic hydroxyl groups excluding tert-OH is 1. The first-order valence-corrected chi connectivity index (χ1v) is 10.1. The molecule has 1 fully saturated rings. The van der Waals surface area contributed by atoms with Crippen LogP contribution in [-0.4, -0.2) is 46.4 Å². The van der Waals surface area contributed by atoms with E-state index in [0.29, 0.717) is 18.5 Å². The number of aliphatic hydroxyl groups is 1. The van der Waals surface area contributed by atoms with E-state index in [1.54, 1.807) is 18.7 Å². The van der Waals surface area contributed by atoms with Crippen molar-refractivity contribution >= 4 is 11.7 Å². The zero-order chi connectivity index (χ0) is 23.6. The summed E-state index contributed by atoms with van der Waals surface area (Å²) >= 11 is 0. The van der Waals surface area contributed by atoms with Crippen LogP contribution in [-0.2, 0) is 0 Å². The standard InChI is InChI=1S/C21H23F4N3O4/c1-11(2)14(12-3-4-18(15(22)7-12)32-21(23,24)25)8-17(30)16-9-19(31)27-20(26-16)28-6-5-13(29)10-28/h3-4,7,9,11,13-14,29H,5-6,8,10H2,1-2H3,(H,26,27,31)/t13-,14-/m1/s1. The summed E-state index contributed by atoms with van der Waals surface area (Å²) in [7, 11) is 0. The Kier molecular flexibility index (Phi) is 6.87. The minimum atomic E-state index is -5.02. The average Bonchev–Trinajstić information content (AvgIpc) is 3.12. The van der Waals surface area contributed by atoms with Gasteiger partial charge >= 0.3 is 6.36 Å². The summed E-state index contributed by atoms with van der Waals surface area (Å²) in [5.41, 5.74) is -0.276. The van der Waals surface area contributed by atoms with Crippen molar-refractivity contribution in [1.29, 1.82) is 0 Å². The molecule has 174 valence electrons. The van der Waals surface area contributed by atoms with Crippen molar-refractivity contribution in [1.82, 2.24) is 9.97 Å². The number of ether oxygens (including phenoxy) is 1. The molecule has 2 aromatic rings. The minimum absolute atomic E-state index is 0.0757. The second kappa shape index (κ2) is 9.27. The van der Waals surface area contributed by atoms with E-state index < -0.39 is 41.3 Å². The van der Waals surface area contributed by atoms with Gasteiger partial charge in [-0.3, -0.25) is 14.6 Å². The van der Waals surface area contributed by atoms with Gasteiger partial charge in [0.25, 0.3) is 5.56 Å². The van der Waals surface area contributed by atoms with Crippen molar-refractivity contribution in [3.05, 3.63) is 51.7 Å². The number of carbonyl (C=O) groups excluding carboxylic acids is 1. The largest absolute Gasteiger partial charge is 0.573 e. The molecule has 2 heterocycles. The number of Topliss-reactive ketones (excluding diaryl/α,β-unsaturated/α-hetero) is 1. The second-order valence-electron chi connectivity index (χ2n) is 8.06. The highest BCUT2D eigenvalue weighted by Crippen LogP contribution is 2.33. The third kappa shape index (κ3) is 5.84. The maximum absolute atomic E-state index is 14.2. The van der Waals surface area contributed by atoms with E-state index in [1.165, 1.54) is 6.07 Å². The topological polar surface area (TPSA) is 95.5 Å². The van der Waals surface area contributed by atoms with Gasteiger partial charge in [0, 0.05) is 25.6 Å². The van der Waals surface area contributed by atoms with Crippen molar-refractivity contribution in [2.45, 2.75) is 45.1 Å². The van der Waals surface area contributed by atoms with Gasteiger partial charge in [-0.1, -0.05) is 19.9 Å². The van der Waals surface area contributed by atoms with E-state index in [9.17, 15) is 32.3 Å². The number of aromatic amines is 1. The van der Waals surface area contributed by atoms with Gasteiger partial charge in [-0.25, -0.2) is 9.37 Å². The fourth-order valence-corrected chi connectivity index (χ4v) is 3.67. The number of nitrogens with one attached hydrogen (secondary N) is 1. The summed E-state index contributed by atoms with van der Waals surface area (Å²) in [4.78, 5) is 33.4. The monoisotopic (exact) mass is 457 g/mol. The summed E-state index contributed by atoms with van der Waals surface area (Å²) in [6, 6.07) is 4.14.